The van der Waals surface area contributed by atoms with E-state index in [0.717, 1.165) is 43.4 Å². The molecule has 0 heterocycles. The highest BCUT2D eigenvalue weighted by atomic mass is 35.5. The average Bonchev–Trinajstić information content (AvgIpc) is 2.55. The van der Waals surface area contributed by atoms with Crippen LogP contribution in [0.3, 0.4) is 0 Å². The summed E-state index contributed by atoms with van der Waals surface area (Å²) in [5.41, 5.74) is 3.12. The number of nitrogens with one attached hydrogen (secondary N) is 1. The molecule has 0 aliphatic heterocycles. The molecule has 0 amide bonds. The molecule has 122 valence electrons. The number of hydrogen-bond donors (Lipinski definition) is 4. The summed E-state index contributed by atoms with van der Waals surface area (Å²) in [7, 11) is 0. The molecule has 0 bridgehead atoms. The van der Waals surface area contributed by atoms with Gasteiger partial charge in [-0.2, -0.15) is 0 Å². The maximum atomic E-state index is 9.77. The first-order chi connectivity index (χ1) is 11.0. The largest absolute Gasteiger partial charge is 0.508 e. The van der Waals surface area contributed by atoms with Crippen molar-refractivity contribution in [2.45, 2.75) is 31.7 Å². The van der Waals surface area contributed by atoms with Crippen molar-refractivity contribution in [3.05, 3.63) is 52.0 Å². The molecule has 0 spiro atoms. The number of phenols is 3. The van der Waals surface area contributed by atoms with Gasteiger partial charge in [-0.1, -0.05) is 23.7 Å². The third-order valence-corrected chi connectivity index (χ3v) is 4.82. The summed E-state index contributed by atoms with van der Waals surface area (Å²) in [5, 5.41) is 32.5. The van der Waals surface area contributed by atoms with E-state index in [1.54, 1.807) is 18.2 Å². The van der Waals surface area contributed by atoms with Crippen molar-refractivity contribution in [1.29, 1.82) is 0 Å². The number of halogens is 1. The zero-order chi connectivity index (χ0) is 16.4. The Bertz CT molecular complexity index is 700. The van der Waals surface area contributed by atoms with Crippen molar-refractivity contribution >= 4 is 11.6 Å². The van der Waals surface area contributed by atoms with Crippen LogP contribution in [0.25, 0.3) is 0 Å². The second-order valence-electron chi connectivity index (χ2n) is 6.01. The standard InChI is InChI=1S/C18H20ClNO3/c19-17-15-10-13(4-3-12(15)9-16(22)18(17)23)20-8-7-11-1-5-14(21)6-2-11/h1-2,5-6,9,13,20-23H,3-4,7-8,10H2. The highest BCUT2D eigenvalue weighted by Crippen LogP contribution is 2.40. The van der Waals surface area contributed by atoms with E-state index >= 15 is 0 Å². The summed E-state index contributed by atoms with van der Waals surface area (Å²) >= 11 is 6.17. The third kappa shape index (κ3) is 3.54. The van der Waals surface area contributed by atoms with Gasteiger partial charge in [-0.15, -0.1) is 0 Å². The molecule has 5 heteroatoms. The number of benzene rings is 2. The Morgan fingerprint density at radius 3 is 2.61 bits per heavy atom. The number of rotatable bonds is 4. The predicted octanol–water partition coefficient (Wildman–Crippen LogP) is 3.15. The SMILES string of the molecule is Oc1ccc(CCNC2CCc3cc(O)c(O)c(Cl)c3C2)cc1. The molecule has 1 unspecified atom stereocenters. The summed E-state index contributed by atoms with van der Waals surface area (Å²) < 4.78 is 0. The Morgan fingerprint density at radius 2 is 1.87 bits per heavy atom. The quantitative estimate of drug-likeness (QED) is 0.649. The summed E-state index contributed by atoms with van der Waals surface area (Å²) in [6.07, 6.45) is 3.44. The molecule has 0 fully saturated rings. The summed E-state index contributed by atoms with van der Waals surface area (Å²) in [6, 6.07) is 9.16. The van der Waals surface area contributed by atoms with Crippen molar-refractivity contribution < 1.29 is 15.3 Å². The van der Waals surface area contributed by atoms with Crippen molar-refractivity contribution in [2.24, 2.45) is 0 Å². The van der Waals surface area contributed by atoms with Gasteiger partial charge >= 0.3 is 0 Å². The molecular formula is C18H20ClNO3. The van der Waals surface area contributed by atoms with E-state index in [0.29, 0.717) is 6.04 Å². The molecule has 3 rings (SSSR count). The van der Waals surface area contributed by atoms with Gasteiger partial charge in [0.2, 0.25) is 0 Å². The monoisotopic (exact) mass is 333 g/mol. The highest BCUT2D eigenvalue weighted by Gasteiger charge is 2.23. The highest BCUT2D eigenvalue weighted by molar-refractivity contribution is 6.33. The molecule has 4 N–H and O–H groups in total. The first-order valence-electron chi connectivity index (χ1n) is 7.78. The van der Waals surface area contributed by atoms with Crippen LogP contribution in [0, 0.1) is 0 Å². The van der Waals surface area contributed by atoms with Crippen molar-refractivity contribution in [3.8, 4) is 17.2 Å². The lowest BCUT2D eigenvalue weighted by molar-refractivity contribution is 0.398. The minimum Gasteiger partial charge on any atom is -0.508 e. The van der Waals surface area contributed by atoms with E-state index < -0.39 is 0 Å². The van der Waals surface area contributed by atoms with Crippen LogP contribution >= 0.6 is 11.6 Å². The van der Waals surface area contributed by atoms with Crippen LogP contribution in [0.5, 0.6) is 17.2 Å². The van der Waals surface area contributed by atoms with Gasteiger partial charge in [0.1, 0.15) is 5.75 Å². The predicted molar refractivity (Wildman–Crippen MR) is 90.4 cm³/mol. The van der Waals surface area contributed by atoms with Crippen molar-refractivity contribution in [2.75, 3.05) is 6.54 Å². The summed E-state index contributed by atoms with van der Waals surface area (Å²) in [6.45, 7) is 0.840. The van der Waals surface area contributed by atoms with E-state index in [9.17, 15) is 15.3 Å². The molecule has 1 aliphatic rings. The van der Waals surface area contributed by atoms with Gasteiger partial charge in [-0.05, 0) is 67.1 Å². The van der Waals surface area contributed by atoms with E-state index in [-0.39, 0.29) is 22.3 Å². The fourth-order valence-electron chi connectivity index (χ4n) is 3.10. The maximum absolute atomic E-state index is 9.77. The molecule has 23 heavy (non-hydrogen) atoms. The Labute approximate surface area is 140 Å². The molecule has 0 radical (unpaired) electrons. The smallest absolute Gasteiger partial charge is 0.176 e. The molecular weight excluding hydrogens is 314 g/mol. The number of aryl methyl sites for hydroxylation is 1. The van der Waals surface area contributed by atoms with Crippen molar-refractivity contribution in [1.82, 2.24) is 5.32 Å². The minimum absolute atomic E-state index is 0.146. The van der Waals surface area contributed by atoms with E-state index in [1.165, 1.54) is 5.56 Å². The topological polar surface area (TPSA) is 72.7 Å². The van der Waals surface area contributed by atoms with Crippen LogP contribution < -0.4 is 5.32 Å². The van der Waals surface area contributed by atoms with Crippen molar-refractivity contribution in [3.63, 3.8) is 0 Å². The molecule has 0 saturated carbocycles. The maximum Gasteiger partial charge on any atom is 0.176 e. The zero-order valence-corrected chi connectivity index (χ0v) is 13.5. The van der Waals surface area contributed by atoms with Crippen LogP contribution in [0.2, 0.25) is 5.02 Å². The molecule has 1 atom stereocenters. The van der Waals surface area contributed by atoms with Crippen LogP contribution in [0.1, 0.15) is 23.1 Å². The summed E-state index contributed by atoms with van der Waals surface area (Å²) in [4.78, 5) is 0. The van der Waals surface area contributed by atoms with Gasteiger partial charge in [-0.25, -0.2) is 0 Å². The van der Waals surface area contributed by atoms with Gasteiger partial charge in [0.05, 0.1) is 5.02 Å². The molecule has 2 aromatic rings. The molecule has 2 aromatic carbocycles. The van der Waals surface area contributed by atoms with Crippen LogP contribution in [-0.2, 0) is 19.3 Å². The molecule has 4 nitrogen and oxygen atoms in total. The van der Waals surface area contributed by atoms with E-state index in [2.05, 4.69) is 5.32 Å². The number of aromatic hydroxyl groups is 3. The zero-order valence-electron chi connectivity index (χ0n) is 12.7. The van der Waals surface area contributed by atoms with Gasteiger partial charge in [-0.3, -0.25) is 0 Å². The van der Waals surface area contributed by atoms with E-state index in [4.69, 9.17) is 11.6 Å². The number of phenolic OH excluding ortho intramolecular Hbond substituents is 3. The minimum atomic E-state index is -0.227. The average molecular weight is 334 g/mol. The first-order valence-corrected chi connectivity index (χ1v) is 8.16. The van der Waals surface area contributed by atoms with Crippen LogP contribution in [0.15, 0.2) is 30.3 Å². The fraction of sp³-hybridized carbons (Fsp3) is 0.333. The second-order valence-corrected chi connectivity index (χ2v) is 6.38. The molecule has 0 aromatic heterocycles. The Morgan fingerprint density at radius 1 is 1.13 bits per heavy atom. The van der Waals surface area contributed by atoms with Crippen LogP contribution in [-0.4, -0.2) is 27.9 Å². The number of fused-ring (bicyclic) bond motifs is 1. The van der Waals surface area contributed by atoms with E-state index in [1.807, 2.05) is 12.1 Å². The van der Waals surface area contributed by atoms with Gasteiger partial charge < -0.3 is 20.6 Å². The lowest BCUT2D eigenvalue weighted by Crippen LogP contribution is -2.35. The molecule has 1 aliphatic carbocycles. The third-order valence-electron chi connectivity index (χ3n) is 4.41. The van der Waals surface area contributed by atoms with Gasteiger partial charge in [0, 0.05) is 6.04 Å². The Hall–Kier alpha value is -1.91. The van der Waals surface area contributed by atoms with Gasteiger partial charge in [0.15, 0.2) is 11.5 Å². The second kappa shape index (κ2) is 6.69. The Kier molecular flexibility index (Phi) is 4.64. The first kappa shape index (κ1) is 16.0. The Balaban J connectivity index is 1.59. The lowest BCUT2D eigenvalue weighted by Gasteiger charge is -2.27. The lowest BCUT2D eigenvalue weighted by atomic mass is 9.87. The number of hydrogen-bond acceptors (Lipinski definition) is 4. The molecule has 0 saturated heterocycles. The van der Waals surface area contributed by atoms with Gasteiger partial charge in [0.25, 0.3) is 0 Å². The fourth-order valence-corrected chi connectivity index (χ4v) is 3.39. The normalized spacial score (nSPS) is 17.0. The summed E-state index contributed by atoms with van der Waals surface area (Å²) in [5.74, 6) is -0.0917. The van der Waals surface area contributed by atoms with Crippen LogP contribution in [0.4, 0.5) is 0 Å².